The highest BCUT2D eigenvalue weighted by Gasteiger charge is 2.40. The number of halogens is 1. The minimum absolute atomic E-state index is 0. The molecule has 1 aliphatic carbocycles. The second-order valence-corrected chi connectivity index (χ2v) is 10.2. The number of aromatic amines is 1. The summed E-state index contributed by atoms with van der Waals surface area (Å²) < 4.78 is 0. The summed E-state index contributed by atoms with van der Waals surface area (Å²) in [6.45, 7) is 4.63. The standard InChI is InChI=1S/C28H32N4O2.ClH/c1-27(2,29)26(34)31-24(17-20-18-30-23-10-6-4-8-21(20)23)25(33)32-15-13-28(14-16-32)12-11-19-7-3-5-9-22(19)28;/h3-12,18,24,30H,13-17,29H2,1-2H3,(H,31,34);1H. The number of fused-ring (bicyclic) bond motifs is 3. The second kappa shape index (κ2) is 9.51. The number of amides is 2. The van der Waals surface area contributed by atoms with Crippen LogP contribution in [0.25, 0.3) is 17.0 Å². The van der Waals surface area contributed by atoms with Crippen LogP contribution >= 0.6 is 12.4 Å². The number of likely N-dealkylation sites (tertiary alicyclic amines) is 1. The Balaban J connectivity index is 0.00000289. The van der Waals surface area contributed by atoms with Crippen molar-refractivity contribution in [3.8, 4) is 0 Å². The van der Waals surface area contributed by atoms with Crippen LogP contribution in [0, 0.1) is 0 Å². The topological polar surface area (TPSA) is 91.2 Å². The Morgan fingerprint density at radius 1 is 1.11 bits per heavy atom. The number of para-hydroxylation sites is 1. The van der Waals surface area contributed by atoms with Gasteiger partial charge >= 0.3 is 0 Å². The maximum Gasteiger partial charge on any atom is 0.245 e. The number of hydrogen-bond acceptors (Lipinski definition) is 3. The zero-order valence-corrected chi connectivity index (χ0v) is 21.0. The second-order valence-electron chi connectivity index (χ2n) is 10.2. The Hall–Kier alpha value is -3.09. The number of nitrogens with two attached hydrogens (primary N) is 1. The van der Waals surface area contributed by atoms with E-state index in [-0.39, 0.29) is 29.6 Å². The highest BCUT2D eigenvalue weighted by atomic mass is 35.5. The van der Waals surface area contributed by atoms with Gasteiger partial charge in [-0.05, 0) is 49.4 Å². The molecule has 0 bridgehead atoms. The summed E-state index contributed by atoms with van der Waals surface area (Å²) in [5.41, 5.74) is 9.63. The zero-order chi connectivity index (χ0) is 23.9. The molecule has 7 heteroatoms. The van der Waals surface area contributed by atoms with Crippen LogP contribution in [0.15, 0.2) is 60.8 Å². The van der Waals surface area contributed by atoms with E-state index in [0.29, 0.717) is 19.5 Å². The van der Waals surface area contributed by atoms with Gasteiger partial charge in [-0.3, -0.25) is 9.59 Å². The van der Waals surface area contributed by atoms with Crippen molar-refractivity contribution in [2.24, 2.45) is 5.73 Å². The maximum atomic E-state index is 13.7. The molecule has 1 fully saturated rings. The van der Waals surface area contributed by atoms with Gasteiger partial charge in [-0.2, -0.15) is 0 Å². The molecule has 1 atom stereocenters. The molecule has 0 saturated carbocycles. The molecule has 184 valence electrons. The summed E-state index contributed by atoms with van der Waals surface area (Å²) in [5, 5.41) is 4.01. The third-order valence-corrected chi connectivity index (χ3v) is 7.33. The van der Waals surface area contributed by atoms with Crippen molar-refractivity contribution in [3.63, 3.8) is 0 Å². The van der Waals surface area contributed by atoms with Crippen LogP contribution in [0.3, 0.4) is 0 Å². The summed E-state index contributed by atoms with van der Waals surface area (Å²) in [5.74, 6) is -0.375. The van der Waals surface area contributed by atoms with E-state index in [9.17, 15) is 9.59 Å². The number of benzene rings is 2. The maximum absolute atomic E-state index is 13.7. The highest BCUT2D eigenvalue weighted by molar-refractivity contribution is 5.92. The van der Waals surface area contributed by atoms with Gasteiger partial charge in [-0.15, -0.1) is 12.4 Å². The van der Waals surface area contributed by atoms with Crippen LogP contribution in [-0.4, -0.2) is 46.4 Å². The van der Waals surface area contributed by atoms with E-state index in [2.05, 4.69) is 46.7 Å². The Kier molecular flexibility index (Phi) is 6.80. The lowest BCUT2D eigenvalue weighted by atomic mass is 9.74. The van der Waals surface area contributed by atoms with Crippen molar-refractivity contribution in [1.82, 2.24) is 15.2 Å². The predicted octanol–water partition coefficient (Wildman–Crippen LogP) is 3.94. The lowest BCUT2D eigenvalue weighted by Gasteiger charge is -2.40. The molecular weight excluding hydrogens is 460 g/mol. The van der Waals surface area contributed by atoms with Gasteiger partial charge in [0, 0.05) is 42.0 Å². The number of rotatable bonds is 5. The summed E-state index contributed by atoms with van der Waals surface area (Å²) in [6.07, 6.45) is 8.60. The molecule has 35 heavy (non-hydrogen) atoms. The molecule has 1 aliphatic heterocycles. The van der Waals surface area contributed by atoms with Crippen molar-refractivity contribution in [3.05, 3.63) is 77.5 Å². The Bertz CT molecular complexity index is 1270. The van der Waals surface area contributed by atoms with Crippen LogP contribution < -0.4 is 11.1 Å². The van der Waals surface area contributed by atoms with E-state index < -0.39 is 11.6 Å². The normalized spacial score (nSPS) is 17.2. The molecule has 1 saturated heterocycles. The average Bonchev–Trinajstić information content (AvgIpc) is 3.40. The average molecular weight is 493 g/mol. The number of nitrogens with one attached hydrogen (secondary N) is 2. The minimum Gasteiger partial charge on any atom is -0.361 e. The summed E-state index contributed by atoms with van der Waals surface area (Å²) >= 11 is 0. The number of aromatic nitrogens is 1. The van der Waals surface area contributed by atoms with E-state index >= 15 is 0 Å². The van der Waals surface area contributed by atoms with E-state index in [1.54, 1.807) is 13.8 Å². The molecule has 1 aromatic heterocycles. The first-order valence-electron chi connectivity index (χ1n) is 12.0. The number of hydrogen-bond donors (Lipinski definition) is 3. The van der Waals surface area contributed by atoms with Crippen LogP contribution in [0.5, 0.6) is 0 Å². The van der Waals surface area contributed by atoms with Crippen LogP contribution in [0.4, 0.5) is 0 Å². The molecule has 3 aromatic rings. The Morgan fingerprint density at radius 3 is 2.54 bits per heavy atom. The first-order chi connectivity index (χ1) is 16.3. The van der Waals surface area contributed by atoms with Gasteiger partial charge in [0.05, 0.1) is 5.54 Å². The molecule has 6 nitrogen and oxygen atoms in total. The number of carbonyl (C=O) groups excluding carboxylic acids is 2. The molecule has 0 radical (unpaired) electrons. The Labute approximate surface area is 212 Å². The number of piperidine rings is 1. The quantitative estimate of drug-likeness (QED) is 0.503. The van der Waals surface area contributed by atoms with E-state index in [4.69, 9.17) is 5.73 Å². The van der Waals surface area contributed by atoms with Crippen molar-refractivity contribution >= 4 is 41.2 Å². The van der Waals surface area contributed by atoms with Crippen molar-refractivity contribution in [1.29, 1.82) is 0 Å². The van der Waals surface area contributed by atoms with Crippen molar-refractivity contribution in [2.45, 2.75) is 50.1 Å². The van der Waals surface area contributed by atoms with Gasteiger partial charge in [-0.1, -0.05) is 54.6 Å². The highest BCUT2D eigenvalue weighted by Crippen LogP contribution is 2.43. The third-order valence-electron chi connectivity index (χ3n) is 7.33. The SMILES string of the molecule is CC(C)(N)C(=O)NC(Cc1c[nH]c2ccccc12)C(=O)N1CCC2(C=Cc3ccccc32)CC1.Cl. The molecule has 2 amide bonds. The zero-order valence-electron chi connectivity index (χ0n) is 20.2. The van der Waals surface area contributed by atoms with Gasteiger partial charge in [0.2, 0.25) is 11.8 Å². The van der Waals surface area contributed by atoms with Gasteiger partial charge in [0.1, 0.15) is 6.04 Å². The lowest BCUT2D eigenvalue weighted by Crippen LogP contribution is -2.58. The number of carbonyl (C=O) groups is 2. The molecule has 4 N–H and O–H groups in total. The molecule has 2 aliphatic rings. The van der Waals surface area contributed by atoms with E-state index in [1.807, 2.05) is 35.4 Å². The fourth-order valence-electron chi connectivity index (χ4n) is 5.28. The lowest BCUT2D eigenvalue weighted by molar-refractivity contribution is -0.138. The summed E-state index contributed by atoms with van der Waals surface area (Å²) in [7, 11) is 0. The van der Waals surface area contributed by atoms with Crippen LogP contribution in [0.1, 0.15) is 43.4 Å². The first-order valence-corrected chi connectivity index (χ1v) is 12.0. The molecule has 1 spiro atoms. The first kappa shape index (κ1) is 25.0. The molecule has 2 heterocycles. The predicted molar refractivity (Wildman–Crippen MR) is 142 cm³/mol. The minimum atomic E-state index is -1.07. The summed E-state index contributed by atoms with van der Waals surface area (Å²) in [6, 6.07) is 15.8. The van der Waals surface area contributed by atoms with Crippen LogP contribution in [-0.2, 0) is 21.4 Å². The van der Waals surface area contributed by atoms with Gasteiger partial charge < -0.3 is 20.9 Å². The monoisotopic (exact) mass is 492 g/mol. The third kappa shape index (κ3) is 4.73. The molecular formula is C28H33ClN4O2. The number of H-pyrrole nitrogens is 1. The fraction of sp³-hybridized carbons (Fsp3) is 0.357. The van der Waals surface area contributed by atoms with E-state index in [1.165, 1.54) is 11.1 Å². The van der Waals surface area contributed by atoms with Crippen molar-refractivity contribution < 1.29 is 9.59 Å². The molecule has 5 rings (SSSR count). The van der Waals surface area contributed by atoms with E-state index in [0.717, 1.165) is 29.3 Å². The van der Waals surface area contributed by atoms with Crippen LogP contribution in [0.2, 0.25) is 0 Å². The summed E-state index contributed by atoms with van der Waals surface area (Å²) in [4.78, 5) is 31.7. The number of allylic oxidation sites excluding steroid dienone is 1. The van der Waals surface area contributed by atoms with Gasteiger partial charge in [-0.25, -0.2) is 0 Å². The Morgan fingerprint density at radius 2 is 1.80 bits per heavy atom. The molecule has 1 unspecified atom stereocenters. The van der Waals surface area contributed by atoms with Gasteiger partial charge in [0.15, 0.2) is 0 Å². The number of nitrogens with zero attached hydrogens (tertiary/aromatic N) is 1. The largest absolute Gasteiger partial charge is 0.361 e. The van der Waals surface area contributed by atoms with Crippen molar-refractivity contribution in [2.75, 3.05) is 13.1 Å². The smallest absolute Gasteiger partial charge is 0.245 e. The van der Waals surface area contributed by atoms with Gasteiger partial charge in [0.25, 0.3) is 0 Å². The molecule has 2 aromatic carbocycles. The fourth-order valence-corrected chi connectivity index (χ4v) is 5.28.